The van der Waals surface area contributed by atoms with E-state index in [1.165, 1.54) is 25.3 Å². The van der Waals surface area contributed by atoms with Gasteiger partial charge in [-0.25, -0.2) is 0 Å². The molecule has 0 spiro atoms. The van der Waals surface area contributed by atoms with Crippen molar-refractivity contribution in [1.82, 2.24) is 10.2 Å². The Labute approximate surface area is 117 Å². The van der Waals surface area contributed by atoms with Crippen molar-refractivity contribution in [2.75, 3.05) is 45.1 Å². The van der Waals surface area contributed by atoms with Crippen LogP contribution in [-0.4, -0.2) is 61.3 Å². The molecule has 0 aromatic rings. The lowest BCUT2D eigenvalue weighted by Crippen LogP contribution is -2.47. The molecule has 108 valence electrons. The van der Waals surface area contributed by atoms with E-state index in [1.54, 1.807) is 0 Å². The van der Waals surface area contributed by atoms with E-state index in [-0.39, 0.29) is 0 Å². The molecule has 2 atom stereocenters. The van der Waals surface area contributed by atoms with Crippen molar-refractivity contribution >= 4 is 11.8 Å². The summed E-state index contributed by atoms with van der Waals surface area (Å²) in [6, 6.07) is 0.659. The zero-order valence-corrected chi connectivity index (χ0v) is 13.1. The van der Waals surface area contributed by atoms with Gasteiger partial charge in [0.25, 0.3) is 0 Å². The van der Waals surface area contributed by atoms with Crippen molar-refractivity contribution < 1.29 is 4.74 Å². The molecule has 0 bridgehead atoms. The zero-order chi connectivity index (χ0) is 13.2. The first-order valence-electron chi connectivity index (χ1n) is 7.42. The van der Waals surface area contributed by atoms with Crippen LogP contribution in [0.2, 0.25) is 0 Å². The number of rotatable bonds is 9. The van der Waals surface area contributed by atoms with Gasteiger partial charge in [0, 0.05) is 49.9 Å². The Morgan fingerprint density at radius 3 is 3.00 bits per heavy atom. The fraction of sp³-hybridized carbons (Fsp3) is 1.00. The number of nitrogens with one attached hydrogen (secondary N) is 1. The Kier molecular flexibility index (Phi) is 9.11. The molecular formula is C14H30N2OS. The third-order valence-corrected chi connectivity index (χ3v) is 4.91. The molecule has 4 heteroatoms. The third-order valence-electron chi connectivity index (χ3n) is 3.53. The Morgan fingerprint density at radius 1 is 1.44 bits per heavy atom. The van der Waals surface area contributed by atoms with Crippen molar-refractivity contribution in [3.63, 3.8) is 0 Å². The molecule has 1 fully saturated rings. The second kappa shape index (κ2) is 10.1. The molecule has 1 N–H and O–H groups in total. The van der Waals surface area contributed by atoms with E-state index >= 15 is 0 Å². The largest absolute Gasteiger partial charge is 0.382 e. The van der Waals surface area contributed by atoms with E-state index in [0.717, 1.165) is 38.0 Å². The molecule has 1 heterocycles. The number of hydrogen-bond acceptors (Lipinski definition) is 4. The minimum atomic E-state index is 0.659. The summed E-state index contributed by atoms with van der Waals surface area (Å²) in [6.45, 7) is 13.1. The third kappa shape index (κ3) is 6.41. The van der Waals surface area contributed by atoms with Gasteiger partial charge in [-0.2, -0.15) is 11.8 Å². The van der Waals surface area contributed by atoms with Crippen molar-refractivity contribution in [1.29, 1.82) is 0 Å². The van der Waals surface area contributed by atoms with Gasteiger partial charge in [0.1, 0.15) is 0 Å². The predicted molar refractivity (Wildman–Crippen MR) is 81.6 cm³/mol. The van der Waals surface area contributed by atoms with Crippen LogP contribution in [0.5, 0.6) is 0 Å². The Hall–Kier alpha value is 0.230. The van der Waals surface area contributed by atoms with Crippen LogP contribution in [0.25, 0.3) is 0 Å². The summed E-state index contributed by atoms with van der Waals surface area (Å²) in [6.07, 6.45) is 2.42. The van der Waals surface area contributed by atoms with Gasteiger partial charge in [-0.1, -0.05) is 6.92 Å². The standard InChI is InChI=1S/C14H30N2OS/c1-4-14-12-16(8-10-18-14)13(3)11-15-7-6-9-17-5-2/h13-15H,4-12H2,1-3H3. The monoisotopic (exact) mass is 274 g/mol. The normalized spacial score (nSPS) is 23.2. The first-order chi connectivity index (χ1) is 8.77. The summed E-state index contributed by atoms with van der Waals surface area (Å²) in [5, 5.41) is 4.39. The highest BCUT2D eigenvalue weighted by atomic mass is 32.2. The molecule has 0 saturated carbocycles. The van der Waals surface area contributed by atoms with E-state index in [9.17, 15) is 0 Å². The van der Waals surface area contributed by atoms with Crippen LogP contribution >= 0.6 is 11.8 Å². The quantitative estimate of drug-likeness (QED) is 0.652. The van der Waals surface area contributed by atoms with Crippen LogP contribution in [0.3, 0.4) is 0 Å². The molecule has 1 rings (SSSR count). The predicted octanol–water partition coefficient (Wildman–Crippen LogP) is 2.22. The summed E-state index contributed by atoms with van der Waals surface area (Å²) < 4.78 is 5.33. The molecule has 0 aliphatic carbocycles. The molecule has 0 amide bonds. The van der Waals surface area contributed by atoms with E-state index < -0.39 is 0 Å². The molecular weight excluding hydrogens is 244 g/mol. The van der Waals surface area contributed by atoms with Crippen LogP contribution in [0.1, 0.15) is 33.6 Å². The lowest BCUT2D eigenvalue weighted by Gasteiger charge is -2.36. The van der Waals surface area contributed by atoms with Crippen LogP contribution < -0.4 is 5.32 Å². The van der Waals surface area contributed by atoms with Gasteiger partial charge >= 0.3 is 0 Å². The summed E-state index contributed by atoms with van der Waals surface area (Å²) in [7, 11) is 0. The maximum absolute atomic E-state index is 5.33. The van der Waals surface area contributed by atoms with Crippen molar-refractivity contribution in [3.05, 3.63) is 0 Å². The highest BCUT2D eigenvalue weighted by Crippen LogP contribution is 2.22. The lowest BCUT2D eigenvalue weighted by molar-refractivity contribution is 0.143. The van der Waals surface area contributed by atoms with Gasteiger partial charge in [0.05, 0.1) is 0 Å². The van der Waals surface area contributed by atoms with Gasteiger partial charge < -0.3 is 10.1 Å². The van der Waals surface area contributed by atoms with Crippen LogP contribution in [0.15, 0.2) is 0 Å². The second-order valence-electron chi connectivity index (χ2n) is 5.00. The number of ether oxygens (including phenoxy) is 1. The fourth-order valence-corrected chi connectivity index (χ4v) is 3.48. The molecule has 1 saturated heterocycles. The highest BCUT2D eigenvalue weighted by molar-refractivity contribution is 8.00. The highest BCUT2D eigenvalue weighted by Gasteiger charge is 2.22. The van der Waals surface area contributed by atoms with Crippen molar-refractivity contribution in [2.45, 2.75) is 44.9 Å². The molecule has 1 aliphatic rings. The second-order valence-corrected chi connectivity index (χ2v) is 6.41. The molecule has 3 nitrogen and oxygen atoms in total. The maximum Gasteiger partial charge on any atom is 0.0477 e. The van der Waals surface area contributed by atoms with Crippen LogP contribution in [-0.2, 0) is 4.74 Å². The van der Waals surface area contributed by atoms with E-state index in [1.807, 2.05) is 6.92 Å². The Balaban J connectivity index is 2.06. The molecule has 0 radical (unpaired) electrons. The van der Waals surface area contributed by atoms with E-state index in [2.05, 4.69) is 35.8 Å². The number of hydrogen-bond donors (Lipinski definition) is 1. The SMILES string of the molecule is CCOCCCNCC(C)N1CCSC(CC)C1. The number of thioether (sulfide) groups is 1. The smallest absolute Gasteiger partial charge is 0.0477 e. The van der Waals surface area contributed by atoms with Crippen molar-refractivity contribution in [3.8, 4) is 0 Å². The Morgan fingerprint density at radius 2 is 2.28 bits per heavy atom. The van der Waals surface area contributed by atoms with Crippen LogP contribution in [0.4, 0.5) is 0 Å². The van der Waals surface area contributed by atoms with E-state index in [4.69, 9.17) is 4.74 Å². The Bertz CT molecular complexity index is 204. The molecule has 18 heavy (non-hydrogen) atoms. The minimum absolute atomic E-state index is 0.659. The molecule has 2 unspecified atom stereocenters. The summed E-state index contributed by atoms with van der Waals surface area (Å²) >= 11 is 2.14. The lowest BCUT2D eigenvalue weighted by atomic mass is 10.2. The molecule has 0 aromatic heterocycles. The minimum Gasteiger partial charge on any atom is -0.382 e. The van der Waals surface area contributed by atoms with E-state index in [0.29, 0.717) is 6.04 Å². The first-order valence-corrected chi connectivity index (χ1v) is 8.46. The van der Waals surface area contributed by atoms with Crippen molar-refractivity contribution in [2.24, 2.45) is 0 Å². The number of nitrogens with zero attached hydrogens (tertiary/aromatic N) is 1. The van der Waals surface area contributed by atoms with Gasteiger partial charge in [0.2, 0.25) is 0 Å². The van der Waals surface area contributed by atoms with Gasteiger partial charge in [0.15, 0.2) is 0 Å². The molecule has 1 aliphatic heterocycles. The average Bonchev–Trinajstić information content (AvgIpc) is 2.42. The maximum atomic E-state index is 5.33. The zero-order valence-electron chi connectivity index (χ0n) is 12.3. The van der Waals surface area contributed by atoms with Crippen LogP contribution in [0, 0.1) is 0 Å². The van der Waals surface area contributed by atoms with Gasteiger partial charge in [-0.05, 0) is 33.2 Å². The summed E-state index contributed by atoms with van der Waals surface area (Å²) in [5.74, 6) is 1.30. The fourth-order valence-electron chi connectivity index (χ4n) is 2.27. The molecule has 0 aromatic carbocycles. The van der Waals surface area contributed by atoms with Gasteiger partial charge in [-0.3, -0.25) is 4.90 Å². The first kappa shape index (κ1) is 16.3. The average molecular weight is 274 g/mol. The van der Waals surface area contributed by atoms with Gasteiger partial charge in [-0.15, -0.1) is 0 Å². The topological polar surface area (TPSA) is 24.5 Å². The summed E-state index contributed by atoms with van der Waals surface area (Å²) in [4.78, 5) is 2.64. The summed E-state index contributed by atoms with van der Waals surface area (Å²) in [5.41, 5.74) is 0.